The number of nitrogens with one attached hydrogen (secondary N) is 2. The van der Waals surface area contributed by atoms with Crippen molar-refractivity contribution in [3.63, 3.8) is 0 Å². The number of thiazole rings is 1. The van der Waals surface area contributed by atoms with Crippen LogP contribution in [0.15, 0.2) is 59.8 Å². The van der Waals surface area contributed by atoms with Gasteiger partial charge in [0.1, 0.15) is 5.03 Å². The zero-order chi connectivity index (χ0) is 23.5. The maximum absolute atomic E-state index is 13.0. The average molecular weight is 493 g/mol. The SMILES string of the molecule is CCc1ccc2nc(NC(=O)c3cccnc3SCC(=O)Nc3ccc4c(c3)OCO4)sc2c1. The second kappa shape index (κ2) is 9.70. The van der Waals surface area contributed by atoms with Gasteiger partial charge >= 0.3 is 0 Å². The third-order valence-electron chi connectivity index (χ3n) is 5.09. The van der Waals surface area contributed by atoms with Gasteiger partial charge in [0.25, 0.3) is 5.91 Å². The van der Waals surface area contributed by atoms with Gasteiger partial charge in [-0.05, 0) is 48.4 Å². The Morgan fingerprint density at radius 2 is 1.97 bits per heavy atom. The van der Waals surface area contributed by atoms with E-state index >= 15 is 0 Å². The van der Waals surface area contributed by atoms with Crippen LogP contribution in [0.1, 0.15) is 22.8 Å². The first-order valence-corrected chi connectivity index (χ1v) is 12.4. The summed E-state index contributed by atoms with van der Waals surface area (Å²) in [4.78, 5) is 34.2. The van der Waals surface area contributed by atoms with Gasteiger partial charge in [-0.1, -0.05) is 36.1 Å². The number of carbonyl (C=O) groups excluding carboxylic acids is 2. The molecule has 0 fully saturated rings. The van der Waals surface area contributed by atoms with Crippen LogP contribution in [0.25, 0.3) is 10.2 Å². The highest BCUT2D eigenvalue weighted by atomic mass is 32.2. The van der Waals surface area contributed by atoms with Crippen molar-refractivity contribution in [2.75, 3.05) is 23.2 Å². The number of pyridine rings is 1. The van der Waals surface area contributed by atoms with Gasteiger partial charge in [-0.2, -0.15) is 0 Å². The maximum atomic E-state index is 13.0. The van der Waals surface area contributed by atoms with E-state index in [-0.39, 0.29) is 24.4 Å². The van der Waals surface area contributed by atoms with Crippen molar-refractivity contribution >= 4 is 55.9 Å². The fourth-order valence-corrected chi connectivity index (χ4v) is 5.11. The summed E-state index contributed by atoms with van der Waals surface area (Å²) in [5.74, 6) is 0.790. The second-order valence-electron chi connectivity index (χ2n) is 7.39. The van der Waals surface area contributed by atoms with Crippen molar-refractivity contribution in [3.05, 3.63) is 65.9 Å². The second-order valence-corrected chi connectivity index (χ2v) is 9.38. The van der Waals surface area contributed by atoms with Gasteiger partial charge in [-0.3, -0.25) is 14.9 Å². The molecule has 10 heteroatoms. The van der Waals surface area contributed by atoms with Gasteiger partial charge < -0.3 is 14.8 Å². The van der Waals surface area contributed by atoms with Gasteiger partial charge in [-0.25, -0.2) is 9.97 Å². The number of aryl methyl sites for hydroxylation is 1. The van der Waals surface area contributed by atoms with Crippen LogP contribution in [-0.4, -0.2) is 34.3 Å². The number of benzene rings is 2. The summed E-state index contributed by atoms with van der Waals surface area (Å²) in [6, 6.07) is 14.7. The first-order chi connectivity index (χ1) is 16.6. The van der Waals surface area contributed by atoms with Crippen molar-refractivity contribution in [2.45, 2.75) is 18.4 Å². The predicted octanol–water partition coefficient (Wildman–Crippen LogP) is 4.97. The molecule has 8 nitrogen and oxygen atoms in total. The van der Waals surface area contributed by atoms with Crippen LogP contribution in [0.2, 0.25) is 0 Å². The van der Waals surface area contributed by atoms with E-state index < -0.39 is 0 Å². The molecule has 2 N–H and O–H groups in total. The van der Waals surface area contributed by atoms with E-state index in [4.69, 9.17) is 9.47 Å². The molecule has 0 spiro atoms. The topological polar surface area (TPSA) is 102 Å². The average Bonchev–Trinajstić information content (AvgIpc) is 3.48. The molecular formula is C24H20N4O4S2. The number of nitrogens with zero attached hydrogens (tertiary/aromatic N) is 2. The number of anilines is 2. The first kappa shape index (κ1) is 22.2. The Balaban J connectivity index is 1.24. The number of fused-ring (bicyclic) bond motifs is 2. The van der Waals surface area contributed by atoms with Crippen molar-refractivity contribution in [2.24, 2.45) is 0 Å². The molecule has 0 bridgehead atoms. The molecule has 0 saturated heterocycles. The molecule has 2 aromatic heterocycles. The van der Waals surface area contributed by atoms with Gasteiger partial charge in [0, 0.05) is 18.0 Å². The van der Waals surface area contributed by atoms with Crippen LogP contribution < -0.4 is 20.1 Å². The molecule has 3 heterocycles. The number of ether oxygens (including phenoxy) is 2. The molecule has 0 radical (unpaired) electrons. The molecule has 5 rings (SSSR count). The Labute approximate surface area is 203 Å². The Morgan fingerprint density at radius 1 is 1.09 bits per heavy atom. The highest BCUT2D eigenvalue weighted by molar-refractivity contribution is 8.00. The Hall–Kier alpha value is -3.63. The van der Waals surface area contributed by atoms with Crippen LogP contribution in [-0.2, 0) is 11.2 Å². The van der Waals surface area contributed by atoms with Crippen molar-refractivity contribution in [3.8, 4) is 11.5 Å². The lowest BCUT2D eigenvalue weighted by Gasteiger charge is -2.08. The van der Waals surface area contributed by atoms with Gasteiger partial charge in [0.15, 0.2) is 16.6 Å². The molecule has 1 aliphatic rings. The number of hydrogen-bond donors (Lipinski definition) is 2. The fourth-order valence-electron chi connectivity index (χ4n) is 3.39. The molecule has 0 aliphatic carbocycles. The van der Waals surface area contributed by atoms with E-state index in [1.807, 2.05) is 12.1 Å². The van der Waals surface area contributed by atoms with Crippen LogP contribution in [0.3, 0.4) is 0 Å². The van der Waals surface area contributed by atoms with E-state index in [9.17, 15) is 9.59 Å². The third kappa shape index (κ3) is 4.82. The molecule has 1 aliphatic heterocycles. The molecule has 0 atom stereocenters. The molecule has 172 valence electrons. The fraction of sp³-hybridized carbons (Fsp3) is 0.167. The minimum absolute atomic E-state index is 0.0899. The number of amides is 2. The predicted molar refractivity (Wildman–Crippen MR) is 133 cm³/mol. The van der Waals surface area contributed by atoms with Gasteiger partial charge in [0.2, 0.25) is 12.7 Å². The summed E-state index contributed by atoms with van der Waals surface area (Å²) in [7, 11) is 0. The lowest BCUT2D eigenvalue weighted by atomic mass is 10.2. The molecule has 2 aromatic carbocycles. The van der Waals surface area contributed by atoms with Crippen LogP contribution >= 0.6 is 23.1 Å². The summed E-state index contributed by atoms with van der Waals surface area (Å²) >= 11 is 2.62. The molecule has 4 aromatic rings. The zero-order valence-electron chi connectivity index (χ0n) is 18.2. The van der Waals surface area contributed by atoms with Crippen molar-refractivity contribution in [1.82, 2.24) is 9.97 Å². The van der Waals surface area contributed by atoms with Crippen LogP contribution in [0, 0.1) is 0 Å². The van der Waals surface area contributed by atoms with Crippen LogP contribution in [0.5, 0.6) is 11.5 Å². The minimum atomic E-state index is -0.318. The summed E-state index contributed by atoms with van der Waals surface area (Å²) in [6.45, 7) is 2.27. The number of thioether (sulfide) groups is 1. The summed E-state index contributed by atoms with van der Waals surface area (Å²) in [5.41, 5.74) is 3.06. The number of rotatable bonds is 7. The van der Waals surface area contributed by atoms with E-state index in [1.54, 1.807) is 36.5 Å². The normalized spacial score (nSPS) is 12.0. The Morgan fingerprint density at radius 3 is 2.85 bits per heavy atom. The first-order valence-electron chi connectivity index (χ1n) is 10.6. The molecule has 0 unspecified atom stereocenters. The smallest absolute Gasteiger partial charge is 0.260 e. The minimum Gasteiger partial charge on any atom is -0.454 e. The molecular weight excluding hydrogens is 472 g/mol. The number of hydrogen-bond acceptors (Lipinski definition) is 8. The summed E-state index contributed by atoms with van der Waals surface area (Å²) in [6.07, 6.45) is 2.53. The van der Waals surface area contributed by atoms with E-state index in [0.29, 0.717) is 32.9 Å². The van der Waals surface area contributed by atoms with E-state index in [0.717, 1.165) is 16.6 Å². The van der Waals surface area contributed by atoms with E-state index in [1.165, 1.54) is 28.7 Å². The highest BCUT2D eigenvalue weighted by Crippen LogP contribution is 2.34. The van der Waals surface area contributed by atoms with E-state index in [2.05, 4.69) is 33.6 Å². The number of carbonyl (C=O) groups is 2. The monoisotopic (exact) mass is 492 g/mol. The quantitative estimate of drug-likeness (QED) is 0.351. The zero-order valence-corrected chi connectivity index (χ0v) is 19.8. The molecule has 0 saturated carbocycles. The molecule has 34 heavy (non-hydrogen) atoms. The lowest BCUT2D eigenvalue weighted by molar-refractivity contribution is -0.113. The molecule has 2 amide bonds. The maximum Gasteiger partial charge on any atom is 0.260 e. The lowest BCUT2D eigenvalue weighted by Crippen LogP contribution is -2.16. The van der Waals surface area contributed by atoms with Crippen LogP contribution in [0.4, 0.5) is 10.8 Å². The van der Waals surface area contributed by atoms with Crippen molar-refractivity contribution < 1.29 is 19.1 Å². The Bertz CT molecular complexity index is 1390. The summed E-state index contributed by atoms with van der Waals surface area (Å²) < 4.78 is 11.6. The largest absolute Gasteiger partial charge is 0.454 e. The van der Waals surface area contributed by atoms with Gasteiger partial charge in [0.05, 0.1) is 21.5 Å². The third-order valence-corrected chi connectivity index (χ3v) is 7.03. The van der Waals surface area contributed by atoms with Gasteiger partial charge in [-0.15, -0.1) is 0 Å². The standard InChI is InChI=1S/C24H20N4O4S2/c1-2-14-5-7-17-20(10-14)34-24(27-17)28-22(30)16-4-3-9-25-23(16)33-12-21(29)26-15-6-8-18-19(11-15)32-13-31-18/h3-11H,2,12-13H2,1H3,(H,26,29)(H,27,28,30). The number of aromatic nitrogens is 2. The summed E-state index contributed by atoms with van der Waals surface area (Å²) in [5, 5.41) is 6.68. The van der Waals surface area contributed by atoms with Crippen molar-refractivity contribution in [1.29, 1.82) is 0 Å². The Kier molecular flexibility index (Phi) is 6.33. The highest BCUT2D eigenvalue weighted by Gasteiger charge is 2.17.